The Morgan fingerprint density at radius 3 is 2.62 bits per heavy atom. The Labute approximate surface area is 98.1 Å². The summed E-state index contributed by atoms with van der Waals surface area (Å²) in [5, 5.41) is 0. The molecule has 2 N–H and O–H groups in total. The van der Waals surface area contributed by atoms with E-state index in [-0.39, 0.29) is 5.97 Å². The van der Waals surface area contributed by atoms with Gasteiger partial charge in [-0.1, -0.05) is 6.92 Å². The average Bonchev–Trinajstić information content (AvgIpc) is 2.98. The highest BCUT2D eigenvalue weighted by atomic mass is 16.5. The molecule has 0 spiro atoms. The zero-order chi connectivity index (χ0) is 12.0. The standard InChI is InChI=1S/C12H24N2O2/c1-3-8-14(9-11(15)16-2)10-12(4-5-12)6-7-13/h3-10,13H2,1-2H3. The van der Waals surface area contributed by atoms with Crippen LogP contribution in [0.25, 0.3) is 0 Å². The Kier molecular flexibility index (Phi) is 5.22. The van der Waals surface area contributed by atoms with Crippen molar-refractivity contribution in [1.82, 2.24) is 4.90 Å². The smallest absolute Gasteiger partial charge is 0.319 e. The van der Waals surface area contributed by atoms with E-state index in [1.54, 1.807) is 0 Å². The molecule has 0 atom stereocenters. The predicted octanol–water partition coefficient (Wildman–Crippen LogP) is 1.00. The van der Waals surface area contributed by atoms with Crippen molar-refractivity contribution < 1.29 is 9.53 Å². The summed E-state index contributed by atoms with van der Waals surface area (Å²) < 4.78 is 4.72. The monoisotopic (exact) mass is 228 g/mol. The first-order valence-corrected chi connectivity index (χ1v) is 6.15. The number of esters is 1. The van der Waals surface area contributed by atoms with Gasteiger partial charge in [-0.15, -0.1) is 0 Å². The highest BCUT2D eigenvalue weighted by molar-refractivity contribution is 5.71. The van der Waals surface area contributed by atoms with Crippen LogP contribution < -0.4 is 5.73 Å². The number of nitrogens with zero attached hydrogens (tertiary/aromatic N) is 1. The van der Waals surface area contributed by atoms with Crippen LogP contribution >= 0.6 is 0 Å². The fourth-order valence-electron chi connectivity index (χ4n) is 2.22. The van der Waals surface area contributed by atoms with E-state index in [2.05, 4.69) is 11.8 Å². The van der Waals surface area contributed by atoms with Gasteiger partial charge in [0.2, 0.25) is 0 Å². The SMILES string of the molecule is CCCN(CC(=O)OC)CC1(CCN)CC1. The van der Waals surface area contributed by atoms with E-state index in [1.165, 1.54) is 20.0 Å². The molecule has 0 aromatic rings. The van der Waals surface area contributed by atoms with Crippen molar-refractivity contribution in [3.63, 3.8) is 0 Å². The molecule has 1 rings (SSSR count). The van der Waals surface area contributed by atoms with Gasteiger partial charge in [-0.05, 0) is 44.2 Å². The van der Waals surface area contributed by atoms with Gasteiger partial charge in [-0.3, -0.25) is 9.69 Å². The van der Waals surface area contributed by atoms with Crippen LogP contribution in [0.15, 0.2) is 0 Å². The highest BCUT2D eigenvalue weighted by Crippen LogP contribution is 2.48. The molecule has 4 heteroatoms. The highest BCUT2D eigenvalue weighted by Gasteiger charge is 2.42. The number of carbonyl (C=O) groups is 1. The molecule has 0 bridgehead atoms. The van der Waals surface area contributed by atoms with Gasteiger partial charge in [0, 0.05) is 6.54 Å². The molecule has 0 aromatic carbocycles. The second kappa shape index (κ2) is 6.21. The van der Waals surface area contributed by atoms with Crippen molar-refractivity contribution in [2.45, 2.75) is 32.6 Å². The lowest BCUT2D eigenvalue weighted by Crippen LogP contribution is -2.36. The molecular formula is C12H24N2O2. The van der Waals surface area contributed by atoms with Crippen LogP contribution in [-0.2, 0) is 9.53 Å². The Bertz CT molecular complexity index is 227. The summed E-state index contributed by atoms with van der Waals surface area (Å²) in [7, 11) is 1.44. The topological polar surface area (TPSA) is 55.6 Å². The van der Waals surface area contributed by atoms with E-state index in [4.69, 9.17) is 10.5 Å². The van der Waals surface area contributed by atoms with Crippen molar-refractivity contribution in [3.05, 3.63) is 0 Å². The van der Waals surface area contributed by atoms with Crippen LogP contribution in [0, 0.1) is 5.41 Å². The minimum atomic E-state index is -0.142. The van der Waals surface area contributed by atoms with Crippen molar-refractivity contribution in [2.75, 3.05) is 33.3 Å². The Hall–Kier alpha value is -0.610. The van der Waals surface area contributed by atoms with Gasteiger partial charge in [0.25, 0.3) is 0 Å². The van der Waals surface area contributed by atoms with E-state index in [9.17, 15) is 4.79 Å². The maximum absolute atomic E-state index is 11.3. The molecule has 0 aromatic heterocycles. The maximum atomic E-state index is 11.3. The zero-order valence-electron chi connectivity index (χ0n) is 10.5. The minimum Gasteiger partial charge on any atom is -0.468 e. The molecule has 0 radical (unpaired) electrons. The third kappa shape index (κ3) is 4.10. The molecule has 0 amide bonds. The van der Waals surface area contributed by atoms with Gasteiger partial charge in [0.05, 0.1) is 13.7 Å². The van der Waals surface area contributed by atoms with E-state index >= 15 is 0 Å². The zero-order valence-corrected chi connectivity index (χ0v) is 10.5. The van der Waals surface area contributed by atoms with Crippen LogP contribution in [0.4, 0.5) is 0 Å². The van der Waals surface area contributed by atoms with Gasteiger partial charge in [0.15, 0.2) is 0 Å². The first-order valence-electron chi connectivity index (χ1n) is 6.15. The lowest BCUT2D eigenvalue weighted by molar-refractivity contribution is -0.142. The average molecular weight is 228 g/mol. The van der Waals surface area contributed by atoms with Crippen molar-refractivity contribution in [1.29, 1.82) is 0 Å². The van der Waals surface area contributed by atoms with Crippen LogP contribution in [0.3, 0.4) is 0 Å². The summed E-state index contributed by atoms with van der Waals surface area (Å²) in [6, 6.07) is 0. The van der Waals surface area contributed by atoms with Crippen LogP contribution in [0.2, 0.25) is 0 Å². The number of nitrogens with two attached hydrogens (primary N) is 1. The summed E-state index contributed by atoms with van der Waals surface area (Å²) in [6.07, 6.45) is 4.65. The van der Waals surface area contributed by atoms with E-state index in [0.717, 1.165) is 32.5 Å². The summed E-state index contributed by atoms with van der Waals surface area (Å²) in [5.74, 6) is -0.142. The summed E-state index contributed by atoms with van der Waals surface area (Å²) >= 11 is 0. The van der Waals surface area contributed by atoms with Gasteiger partial charge < -0.3 is 10.5 Å². The number of carbonyl (C=O) groups excluding carboxylic acids is 1. The molecule has 0 heterocycles. The number of ether oxygens (including phenoxy) is 1. The Morgan fingerprint density at radius 2 is 2.19 bits per heavy atom. The Morgan fingerprint density at radius 1 is 1.50 bits per heavy atom. The summed E-state index contributed by atoms with van der Waals surface area (Å²) in [4.78, 5) is 13.5. The van der Waals surface area contributed by atoms with Gasteiger partial charge in [-0.2, -0.15) is 0 Å². The second-order valence-corrected chi connectivity index (χ2v) is 4.83. The van der Waals surface area contributed by atoms with Gasteiger partial charge in [-0.25, -0.2) is 0 Å². The molecule has 1 saturated carbocycles. The van der Waals surface area contributed by atoms with Crippen LogP contribution in [0.1, 0.15) is 32.6 Å². The molecule has 1 aliphatic rings. The molecule has 94 valence electrons. The van der Waals surface area contributed by atoms with Gasteiger partial charge in [0.1, 0.15) is 0 Å². The maximum Gasteiger partial charge on any atom is 0.319 e. The quantitative estimate of drug-likeness (QED) is 0.630. The first kappa shape index (κ1) is 13.5. The predicted molar refractivity (Wildman–Crippen MR) is 64.1 cm³/mol. The minimum absolute atomic E-state index is 0.142. The number of rotatable bonds is 8. The fraction of sp³-hybridized carbons (Fsp3) is 0.917. The largest absolute Gasteiger partial charge is 0.468 e. The number of hydrogen-bond donors (Lipinski definition) is 1. The molecular weight excluding hydrogens is 204 g/mol. The first-order chi connectivity index (χ1) is 7.65. The third-order valence-corrected chi connectivity index (χ3v) is 3.31. The molecule has 0 aliphatic heterocycles. The molecule has 1 fully saturated rings. The lowest BCUT2D eigenvalue weighted by Gasteiger charge is -2.25. The second-order valence-electron chi connectivity index (χ2n) is 4.83. The van der Waals surface area contributed by atoms with Crippen molar-refractivity contribution in [2.24, 2.45) is 11.1 Å². The molecule has 4 nitrogen and oxygen atoms in total. The third-order valence-electron chi connectivity index (χ3n) is 3.31. The molecule has 0 unspecified atom stereocenters. The van der Waals surface area contributed by atoms with Crippen LogP contribution in [0.5, 0.6) is 0 Å². The summed E-state index contributed by atoms with van der Waals surface area (Å²) in [6.45, 7) is 5.25. The van der Waals surface area contributed by atoms with E-state index in [0.29, 0.717) is 12.0 Å². The lowest BCUT2D eigenvalue weighted by atomic mass is 10.0. The number of hydrogen-bond acceptors (Lipinski definition) is 4. The summed E-state index contributed by atoms with van der Waals surface area (Å²) in [5.41, 5.74) is 6.02. The van der Waals surface area contributed by atoms with E-state index in [1.807, 2.05) is 0 Å². The molecule has 1 aliphatic carbocycles. The van der Waals surface area contributed by atoms with Gasteiger partial charge >= 0.3 is 5.97 Å². The molecule has 0 saturated heterocycles. The van der Waals surface area contributed by atoms with Crippen molar-refractivity contribution >= 4 is 5.97 Å². The number of methoxy groups -OCH3 is 1. The Balaban J connectivity index is 2.41. The normalized spacial score (nSPS) is 17.5. The van der Waals surface area contributed by atoms with E-state index < -0.39 is 0 Å². The van der Waals surface area contributed by atoms with Crippen molar-refractivity contribution in [3.8, 4) is 0 Å². The molecule has 16 heavy (non-hydrogen) atoms. The fourth-order valence-corrected chi connectivity index (χ4v) is 2.22. The van der Waals surface area contributed by atoms with Crippen LogP contribution in [-0.4, -0.2) is 44.2 Å².